The first kappa shape index (κ1) is 17.7. The lowest BCUT2D eigenvalue weighted by Crippen LogP contribution is -2.36. The Morgan fingerprint density at radius 1 is 1.20 bits per heavy atom. The number of benzene rings is 2. The van der Waals surface area contributed by atoms with Crippen molar-refractivity contribution in [3.8, 4) is 0 Å². The molecule has 2 aromatic carbocycles. The maximum Gasteiger partial charge on any atom is 0.258 e. The van der Waals surface area contributed by atoms with E-state index in [1.165, 1.54) is 23.1 Å². The second-order valence-corrected chi connectivity index (χ2v) is 6.43. The smallest absolute Gasteiger partial charge is 0.258 e. The van der Waals surface area contributed by atoms with Gasteiger partial charge < -0.3 is 14.5 Å². The van der Waals surface area contributed by atoms with Crippen LogP contribution in [0.4, 0.5) is 10.1 Å². The molecular weight excluding hydrogens is 343 g/mol. The third-order valence-corrected chi connectivity index (χ3v) is 4.57. The summed E-state index contributed by atoms with van der Waals surface area (Å²) in [4.78, 5) is 16.2. The summed E-state index contributed by atoms with van der Waals surface area (Å²) in [6.45, 7) is 3.62. The van der Waals surface area contributed by atoms with Crippen molar-refractivity contribution in [2.75, 3.05) is 38.3 Å². The molecule has 0 bridgehead atoms. The molecule has 6 heteroatoms. The second-order valence-electron chi connectivity index (χ2n) is 6.02. The third-order valence-electron chi connectivity index (χ3n) is 4.26. The van der Waals surface area contributed by atoms with Crippen LogP contribution in [0.1, 0.15) is 15.9 Å². The van der Waals surface area contributed by atoms with Crippen LogP contribution in [0.25, 0.3) is 0 Å². The second kappa shape index (κ2) is 7.85. The van der Waals surface area contributed by atoms with Gasteiger partial charge in [0.2, 0.25) is 0 Å². The summed E-state index contributed by atoms with van der Waals surface area (Å²) in [6, 6.07) is 12.3. The molecule has 0 saturated carbocycles. The van der Waals surface area contributed by atoms with E-state index in [1.54, 1.807) is 7.05 Å². The average Bonchev–Trinajstić information content (AvgIpc) is 2.63. The van der Waals surface area contributed by atoms with Gasteiger partial charge in [0.15, 0.2) is 0 Å². The lowest BCUT2D eigenvalue weighted by Gasteiger charge is -2.29. The monoisotopic (exact) mass is 362 g/mol. The molecule has 4 nitrogen and oxygen atoms in total. The zero-order valence-corrected chi connectivity index (χ0v) is 14.8. The van der Waals surface area contributed by atoms with Crippen LogP contribution in [0.15, 0.2) is 42.5 Å². The molecule has 1 heterocycles. The Balaban J connectivity index is 1.68. The minimum Gasteiger partial charge on any atom is -0.378 e. The van der Waals surface area contributed by atoms with E-state index in [9.17, 15) is 9.18 Å². The molecule has 1 aliphatic rings. The molecule has 1 amide bonds. The summed E-state index contributed by atoms with van der Waals surface area (Å²) in [7, 11) is 1.64. The van der Waals surface area contributed by atoms with Crippen LogP contribution >= 0.6 is 11.6 Å². The number of ether oxygens (including phenoxy) is 1. The predicted octanol–water partition coefficient (Wildman–Crippen LogP) is 3.59. The molecule has 0 unspecified atom stereocenters. The fraction of sp³-hybridized carbons (Fsp3) is 0.316. The van der Waals surface area contributed by atoms with E-state index in [0.29, 0.717) is 6.54 Å². The van der Waals surface area contributed by atoms with Gasteiger partial charge in [0.05, 0.1) is 23.8 Å². The molecule has 3 rings (SSSR count). The van der Waals surface area contributed by atoms with Crippen molar-refractivity contribution in [3.05, 3.63) is 64.4 Å². The Bertz CT molecular complexity index is 725. The van der Waals surface area contributed by atoms with Crippen molar-refractivity contribution in [1.29, 1.82) is 0 Å². The maximum atomic E-state index is 13.9. The number of amides is 1. The number of anilines is 1. The number of morpholine rings is 1. The van der Waals surface area contributed by atoms with Gasteiger partial charge in [-0.05, 0) is 29.8 Å². The van der Waals surface area contributed by atoms with Crippen LogP contribution in [0.5, 0.6) is 0 Å². The fourth-order valence-corrected chi connectivity index (χ4v) is 3.12. The van der Waals surface area contributed by atoms with E-state index < -0.39 is 11.7 Å². The maximum absolute atomic E-state index is 13.9. The SMILES string of the molecule is CN(Cc1ccc(N2CCOCC2)cc1)C(=O)c1c(F)cccc1Cl. The molecule has 0 aromatic heterocycles. The van der Waals surface area contributed by atoms with Crippen molar-refractivity contribution in [1.82, 2.24) is 4.90 Å². The molecule has 0 aliphatic carbocycles. The van der Waals surface area contributed by atoms with Gasteiger partial charge in [-0.15, -0.1) is 0 Å². The third kappa shape index (κ3) is 4.11. The highest BCUT2D eigenvalue weighted by atomic mass is 35.5. The molecule has 1 aliphatic heterocycles. The highest BCUT2D eigenvalue weighted by Crippen LogP contribution is 2.22. The highest BCUT2D eigenvalue weighted by molar-refractivity contribution is 6.33. The summed E-state index contributed by atoms with van der Waals surface area (Å²) in [5, 5.41) is 0.125. The first-order valence-electron chi connectivity index (χ1n) is 8.17. The van der Waals surface area contributed by atoms with Gasteiger partial charge in [-0.3, -0.25) is 4.79 Å². The van der Waals surface area contributed by atoms with Gasteiger partial charge in [0, 0.05) is 32.4 Å². The van der Waals surface area contributed by atoms with Crippen LogP contribution < -0.4 is 4.90 Å². The number of hydrogen-bond acceptors (Lipinski definition) is 3. The quantitative estimate of drug-likeness (QED) is 0.833. The van der Waals surface area contributed by atoms with Gasteiger partial charge >= 0.3 is 0 Å². The number of hydrogen-bond donors (Lipinski definition) is 0. The van der Waals surface area contributed by atoms with E-state index in [0.717, 1.165) is 37.6 Å². The van der Waals surface area contributed by atoms with Gasteiger partial charge in [0.1, 0.15) is 5.82 Å². The number of halogens is 2. The van der Waals surface area contributed by atoms with Crippen LogP contribution in [-0.4, -0.2) is 44.2 Å². The topological polar surface area (TPSA) is 32.8 Å². The van der Waals surface area contributed by atoms with E-state index in [2.05, 4.69) is 4.90 Å². The van der Waals surface area contributed by atoms with Crippen molar-refractivity contribution in [2.45, 2.75) is 6.54 Å². The van der Waals surface area contributed by atoms with Crippen LogP contribution in [0, 0.1) is 5.82 Å². The highest BCUT2D eigenvalue weighted by Gasteiger charge is 2.20. The lowest BCUT2D eigenvalue weighted by atomic mass is 10.1. The van der Waals surface area contributed by atoms with E-state index in [1.807, 2.05) is 24.3 Å². The van der Waals surface area contributed by atoms with Gasteiger partial charge in [-0.25, -0.2) is 4.39 Å². The Morgan fingerprint density at radius 2 is 1.88 bits per heavy atom. The van der Waals surface area contributed by atoms with Gasteiger partial charge in [-0.1, -0.05) is 29.8 Å². The van der Waals surface area contributed by atoms with E-state index in [-0.39, 0.29) is 10.6 Å². The number of nitrogens with zero attached hydrogens (tertiary/aromatic N) is 2. The Morgan fingerprint density at radius 3 is 2.52 bits per heavy atom. The van der Waals surface area contributed by atoms with Crippen molar-refractivity contribution >= 4 is 23.2 Å². The summed E-state index contributed by atoms with van der Waals surface area (Å²) in [5.41, 5.74) is 2.02. The molecular formula is C19H20ClFN2O2. The van der Waals surface area contributed by atoms with Crippen molar-refractivity contribution < 1.29 is 13.9 Å². The number of carbonyl (C=O) groups excluding carboxylic acids is 1. The summed E-state index contributed by atoms with van der Waals surface area (Å²) in [5.74, 6) is -1.03. The molecule has 0 atom stereocenters. The number of rotatable bonds is 4. The average molecular weight is 363 g/mol. The standard InChI is InChI=1S/C19H20ClFN2O2/c1-22(19(24)18-16(20)3-2-4-17(18)21)13-14-5-7-15(8-6-14)23-9-11-25-12-10-23/h2-8H,9-13H2,1H3. The first-order valence-corrected chi connectivity index (χ1v) is 8.55. The zero-order chi connectivity index (χ0) is 17.8. The Labute approximate surface area is 151 Å². The normalized spacial score (nSPS) is 14.4. The summed E-state index contributed by atoms with van der Waals surface area (Å²) < 4.78 is 19.3. The lowest BCUT2D eigenvalue weighted by molar-refractivity contribution is 0.0780. The van der Waals surface area contributed by atoms with Crippen molar-refractivity contribution in [2.24, 2.45) is 0 Å². The zero-order valence-electron chi connectivity index (χ0n) is 14.0. The molecule has 25 heavy (non-hydrogen) atoms. The Kier molecular flexibility index (Phi) is 5.56. The first-order chi connectivity index (χ1) is 12.1. The molecule has 1 saturated heterocycles. The van der Waals surface area contributed by atoms with Crippen LogP contribution in [-0.2, 0) is 11.3 Å². The van der Waals surface area contributed by atoms with Crippen molar-refractivity contribution in [3.63, 3.8) is 0 Å². The van der Waals surface area contributed by atoms with E-state index in [4.69, 9.17) is 16.3 Å². The molecule has 1 fully saturated rings. The minimum atomic E-state index is -0.605. The largest absolute Gasteiger partial charge is 0.378 e. The van der Waals surface area contributed by atoms with Gasteiger partial charge in [-0.2, -0.15) is 0 Å². The molecule has 0 spiro atoms. The Hall–Kier alpha value is -2.11. The molecule has 0 radical (unpaired) electrons. The van der Waals surface area contributed by atoms with Crippen LogP contribution in [0.2, 0.25) is 5.02 Å². The fourth-order valence-electron chi connectivity index (χ4n) is 2.87. The van der Waals surface area contributed by atoms with E-state index >= 15 is 0 Å². The molecule has 0 N–H and O–H groups in total. The van der Waals surface area contributed by atoms with Gasteiger partial charge in [0.25, 0.3) is 5.91 Å². The summed E-state index contributed by atoms with van der Waals surface area (Å²) in [6.07, 6.45) is 0. The summed E-state index contributed by atoms with van der Waals surface area (Å²) >= 11 is 5.98. The minimum absolute atomic E-state index is 0.0865. The molecule has 2 aromatic rings. The molecule has 132 valence electrons. The number of carbonyl (C=O) groups is 1. The van der Waals surface area contributed by atoms with Crippen LogP contribution in [0.3, 0.4) is 0 Å². The predicted molar refractivity (Wildman–Crippen MR) is 96.7 cm³/mol.